The fourth-order valence-electron chi connectivity index (χ4n) is 1.91. The molecule has 1 heterocycles. The molecule has 0 saturated carbocycles. The summed E-state index contributed by atoms with van der Waals surface area (Å²) < 4.78 is 5.27. The van der Waals surface area contributed by atoms with Gasteiger partial charge in [0.15, 0.2) is 0 Å². The molecule has 4 N–H and O–H groups in total. The van der Waals surface area contributed by atoms with E-state index in [0.29, 0.717) is 0 Å². The zero-order chi connectivity index (χ0) is 13.8. The Bertz CT molecular complexity index is 564. The quantitative estimate of drug-likeness (QED) is 0.719. The van der Waals surface area contributed by atoms with E-state index < -0.39 is 5.97 Å². The summed E-state index contributed by atoms with van der Waals surface area (Å²) in [7, 11) is 0. The van der Waals surface area contributed by atoms with Gasteiger partial charge in [-0.05, 0) is 37.3 Å². The second kappa shape index (κ2) is 5.48. The zero-order valence-corrected chi connectivity index (χ0v) is 10.6. The highest BCUT2D eigenvalue weighted by Gasteiger charge is 2.10. The van der Waals surface area contributed by atoms with Gasteiger partial charge in [0.05, 0.1) is 11.8 Å². The fourth-order valence-corrected chi connectivity index (χ4v) is 1.91. The Balaban J connectivity index is 2.03. The van der Waals surface area contributed by atoms with Crippen LogP contribution in [-0.2, 0) is 6.42 Å². The number of nitrogen functional groups attached to an aromatic ring is 1. The molecule has 1 aromatic carbocycles. The van der Waals surface area contributed by atoms with Crippen LogP contribution in [0, 0.1) is 0 Å². The number of hydrogen-bond acceptors (Lipinski definition) is 4. The molecule has 0 fully saturated rings. The lowest BCUT2D eigenvalue weighted by molar-refractivity contribution is 0.0698. The first-order valence-electron chi connectivity index (χ1n) is 5.98. The largest absolute Gasteiger partial charge is 0.478 e. The first-order chi connectivity index (χ1) is 9.06. The number of hydrogen-bond donors (Lipinski definition) is 3. The lowest BCUT2D eigenvalue weighted by Gasteiger charge is -2.15. The molecule has 0 aliphatic rings. The van der Waals surface area contributed by atoms with Crippen molar-refractivity contribution in [3.63, 3.8) is 0 Å². The van der Waals surface area contributed by atoms with E-state index in [1.54, 1.807) is 18.4 Å². The SMILES string of the molecule is CC(Cc1ccco1)Nc1ccc(C(=O)O)c(N)c1. The van der Waals surface area contributed by atoms with Crippen molar-refractivity contribution in [1.29, 1.82) is 0 Å². The lowest BCUT2D eigenvalue weighted by atomic mass is 10.1. The number of rotatable bonds is 5. The molecular weight excluding hydrogens is 244 g/mol. The van der Waals surface area contributed by atoms with Crippen molar-refractivity contribution in [1.82, 2.24) is 0 Å². The predicted molar refractivity (Wildman–Crippen MR) is 73.3 cm³/mol. The molecule has 0 radical (unpaired) electrons. The van der Waals surface area contributed by atoms with Crippen molar-refractivity contribution >= 4 is 17.3 Å². The van der Waals surface area contributed by atoms with Gasteiger partial charge >= 0.3 is 5.97 Å². The van der Waals surface area contributed by atoms with Crippen LogP contribution in [0.4, 0.5) is 11.4 Å². The van der Waals surface area contributed by atoms with Gasteiger partial charge in [0.2, 0.25) is 0 Å². The Morgan fingerprint density at radius 1 is 1.47 bits per heavy atom. The fraction of sp³-hybridized carbons (Fsp3) is 0.214. The van der Waals surface area contributed by atoms with Gasteiger partial charge in [-0.1, -0.05) is 0 Å². The molecule has 2 aromatic rings. The number of benzene rings is 1. The first kappa shape index (κ1) is 13.0. The number of carboxylic acids is 1. The Morgan fingerprint density at radius 2 is 2.26 bits per heavy atom. The normalized spacial score (nSPS) is 12.1. The van der Waals surface area contributed by atoms with Gasteiger partial charge in [-0.15, -0.1) is 0 Å². The summed E-state index contributed by atoms with van der Waals surface area (Å²) in [6.07, 6.45) is 2.38. The van der Waals surface area contributed by atoms with Crippen molar-refractivity contribution in [3.8, 4) is 0 Å². The van der Waals surface area contributed by atoms with E-state index in [4.69, 9.17) is 15.3 Å². The number of carboxylic acid groups (broad SMARTS) is 1. The first-order valence-corrected chi connectivity index (χ1v) is 5.98. The van der Waals surface area contributed by atoms with Crippen molar-refractivity contribution in [3.05, 3.63) is 47.9 Å². The molecule has 100 valence electrons. The smallest absolute Gasteiger partial charge is 0.337 e. The van der Waals surface area contributed by atoms with Crippen molar-refractivity contribution in [2.75, 3.05) is 11.1 Å². The van der Waals surface area contributed by atoms with Crippen molar-refractivity contribution < 1.29 is 14.3 Å². The second-order valence-electron chi connectivity index (χ2n) is 4.44. The van der Waals surface area contributed by atoms with E-state index in [0.717, 1.165) is 17.9 Å². The Kier molecular flexibility index (Phi) is 3.75. The Labute approximate surface area is 111 Å². The van der Waals surface area contributed by atoms with Gasteiger partial charge in [-0.2, -0.15) is 0 Å². The average Bonchev–Trinajstić information content (AvgIpc) is 2.81. The number of nitrogens with two attached hydrogens (primary N) is 1. The van der Waals surface area contributed by atoms with Crippen LogP contribution in [0.15, 0.2) is 41.0 Å². The number of furan rings is 1. The second-order valence-corrected chi connectivity index (χ2v) is 4.44. The van der Waals surface area contributed by atoms with E-state index in [-0.39, 0.29) is 17.3 Å². The summed E-state index contributed by atoms with van der Waals surface area (Å²) in [5, 5.41) is 12.2. The van der Waals surface area contributed by atoms with Gasteiger partial charge in [0.25, 0.3) is 0 Å². The van der Waals surface area contributed by atoms with Crippen LogP contribution >= 0.6 is 0 Å². The Morgan fingerprint density at radius 3 is 2.84 bits per heavy atom. The van der Waals surface area contributed by atoms with Crippen LogP contribution < -0.4 is 11.1 Å². The Hall–Kier alpha value is -2.43. The molecule has 1 unspecified atom stereocenters. The molecule has 0 spiro atoms. The average molecular weight is 260 g/mol. The molecule has 0 amide bonds. The third-order valence-corrected chi connectivity index (χ3v) is 2.78. The molecule has 1 aromatic heterocycles. The summed E-state index contributed by atoms with van der Waals surface area (Å²) in [5.74, 6) is -0.122. The van der Waals surface area contributed by atoms with E-state index >= 15 is 0 Å². The molecule has 5 heteroatoms. The van der Waals surface area contributed by atoms with Crippen LogP contribution in [0.3, 0.4) is 0 Å². The molecule has 5 nitrogen and oxygen atoms in total. The minimum atomic E-state index is -1.02. The molecule has 19 heavy (non-hydrogen) atoms. The van der Waals surface area contributed by atoms with Crippen molar-refractivity contribution in [2.24, 2.45) is 0 Å². The van der Waals surface area contributed by atoms with E-state index in [1.807, 2.05) is 19.1 Å². The molecule has 0 saturated heterocycles. The van der Waals surface area contributed by atoms with Crippen LogP contribution in [0.5, 0.6) is 0 Å². The van der Waals surface area contributed by atoms with Crippen LogP contribution in [0.2, 0.25) is 0 Å². The molecule has 2 rings (SSSR count). The number of anilines is 2. The third-order valence-electron chi connectivity index (χ3n) is 2.78. The van der Waals surface area contributed by atoms with Crippen molar-refractivity contribution in [2.45, 2.75) is 19.4 Å². The maximum Gasteiger partial charge on any atom is 0.337 e. The lowest BCUT2D eigenvalue weighted by Crippen LogP contribution is -2.18. The molecule has 0 bridgehead atoms. The van der Waals surface area contributed by atoms with Gasteiger partial charge in [-0.25, -0.2) is 4.79 Å². The zero-order valence-electron chi connectivity index (χ0n) is 10.6. The highest BCUT2D eigenvalue weighted by molar-refractivity contribution is 5.94. The minimum Gasteiger partial charge on any atom is -0.478 e. The molecule has 0 aliphatic carbocycles. The summed E-state index contributed by atoms with van der Waals surface area (Å²) in [6.45, 7) is 2.02. The van der Waals surface area contributed by atoms with Gasteiger partial charge in [0, 0.05) is 23.8 Å². The van der Waals surface area contributed by atoms with Gasteiger partial charge in [0.1, 0.15) is 5.76 Å². The number of nitrogens with one attached hydrogen (secondary N) is 1. The van der Waals surface area contributed by atoms with E-state index in [1.165, 1.54) is 6.07 Å². The van der Waals surface area contributed by atoms with Crippen LogP contribution in [0.1, 0.15) is 23.0 Å². The maximum atomic E-state index is 10.9. The standard InChI is InChI=1S/C14H16N2O3/c1-9(7-11-3-2-6-19-11)16-10-4-5-12(14(17)18)13(15)8-10/h2-6,8-9,16H,7,15H2,1H3,(H,17,18). The van der Waals surface area contributed by atoms with E-state index in [2.05, 4.69) is 5.32 Å². The van der Waals surface area contributed by atoms with E-state index in [9.17, 15) is 4.79 Å². The summed E-state index contributed by atoms with van der Waals surface area (Å²) >= 11 is 0. The molecule has 1 atom stereocenters. The van der Waals surface area contributed by atoms with Gasteiger partial charge in [-0.3, -0.25) is 0 Å². The molecular formula is C14H16N2O3. The van der Waals surface area contributed by atoms with Gasteiger partial charge < -0.3 is 20.6 Å². The number of aromatic carboxylic acids is 1. The predicted octanol–water partition coefficient (Wildman–Crippen LogP) is 2.60. The minimum absolute atomic E-state index is 0.115. The third kappa shape index (κ3) is 3.28. The van der Waals surface area contributed by atoms with Crippen LogP contribution in [0.25, 0.3) is 0 Å². The highest BCUT2D eigenvalue weighted by atomic mass is 16.4. The monoisotopic (exact) mass is 260 g/mol. The summed E-state index contributed by atoms with van der Waals surface area (Å²) in [6, 6.07) is 8.75. The molecule has 0 aliphatic heterocycles. The summed E-state index contributed by atoms with van der Waals surface area (Å²) in [4.78, 5) is 10.9. The highest BCUT2D eigenvalue weighted by Crippen LogP contribution is 2.19. The summed E-state index contributed by atoms with van der Waals surface area (Å²) in [5.41, 5.74) is 6.86. The number of carbonyl (C=O) groups is 1. The van der Waals surface area contributed by atoms with Crippen LogP contribution in [-0.4, -0.2) is 17.1 Å². The maximum absolute atomic E-state index is 10.9. The topological polar surface area (TPSA) is 88.5 Å².